The van der Waals surface area contributed by atoms with Crippen LogP contribution in [0.15, 0.2) is 9.85 Å². The van der Waals surface area contributed by atoms with Crippen molar-refractivity contribution in [2.24, 2.45) is 0 Å². The minimum absolute atomic E-state index is 0.279. The van der Waals surface area contributed by atoms with E-state index < -0.39 is 53.1 Å². The van der Waals surface area contributed by atoms with Crippen molar-refractivity contribution in [2.45, 2.75) is 91.7 Å². The van der Waals surface area contributed by atoms with Crippen LogP contribution in [0.5, 0.6) is 0 Å². The first-order valence-corrected chi connectivity index (χ1v) is 35.8. The summed E-state index contributed by atoms with van der Waals surface area (Å²) in [5.74, 6) is 0. The van der Waals surface area contributed by atoms with Gasteiger partial charge in [-0.1, -0.05) is 0 Å². The van der Waals surface area contributed by atoms with E-state index in [1.54, 1.807) is 0 Å². The van der Waals surface area contributed by atoms with Crippen molar-refractivity contribution >= 4 is 53.1 Å². The average Bonchev–Trinajstić information content (AvgIpc) is 2.16. The molecule has 0 heterocycles. The molecule has 138 valence electrons. The van der Waals surface area contributed by atoms with Gasteiger partial charge in [0, 0.05) is 0 Å². The Morgan fingerprint density at radius 2 is 1.26 bits per heavy atom. The van der Waals surface area contributed by atoms with Crippen molar-refractivity contribution < 1.29 is 4.43 Å². The van der Waals surface area contributed by atoms with E-state index in [0.717, 1.165) is 3.56 Å². The molecule has 0 aliphatic rings. The van der Waals surface area contributed by atoms with Gasteiger partial charge in [0.25, 0.3) is 0 Å². The second kappa shape index (κ2) is 7.67. The van der Waals surface area contributed by atoms with Gasteiger partial charge in [-0.2, -0.15) is 0 Å². The van der Waals surface area contributed by atoms with Crippen molar-refractivity contribution in [2.75, 3.05) is 0 Å². The summed E-state index contributed by atoms with van der Waals surface area (Å²) in [7, 11) is -2.94. The van der Waals surface area contributed by atoms with E-state index in [1.807, 2.05) is 3.59 Å². The number of allylic oxidation sites excluding steroid dienone is 1. The first-order valence-electron chi connectivity index (χ1n) is 9.09. The Bertz CT molecular complexity index is 416. The summed E-state index contributed by atoms with van der Waals surface area (Å²) in [6.45, 7) is 19.5. The van der Waals surface area contributed by atoms with E-state index in [0.29, 0.717) is 0 Å². The van der Waals surface area contributed by atoms with Crippen LogP contribution in [0.25, 0.3) is 0 Å². The van der Waals surface area contributed by atoms with Gasteiger partial charge >= 0.3 is 159 Å². The van der Waals surface area contributed by atoms with Gasteiger partial charge in [0.05, 0.1) is 0 Å². The number of hydrogen-bond acceptors (Lipinski definition) is 1. The predicted octanol–water partition coefficient (Wildman–Crippen LogP) is 7.36. The third-order valence-corrected chi connectivity index (χ3v) is 39.9. The third-order valence-electron chi connectivity index (χ3n) is 5.20. The maximum absolute atomic E-state index is 6.64. The van der Waals surface area contributed by atoms with Gasteiger partial charge < -0.3 is 0 Å². The van der Waals surface area contributed by atoms with Crippen LogP contribution in [0, 0.1) is 0 Å². The van der Waals surface area contributed by atoms with Crippen LogP contribution in [-0.2, 0) is 4.43 Å². The number of rotatable bonds is 6. The van der Waals surface area contributed by atoms with Gasteiger partial charge in [-0.05, 0) is 0 Å². The minimum atomic E-state index is -2.19. The molecule has 5 heteroatoms. The Morgan fingerprint density at radius 1 is 0.870 bits per heavy atom. The molecule has 0 bridgehead atoms. The summed E-state index contributed by atoms with van der Waals surface area (Å²) in [6, 6.07) is 0. The summed E-state index contributed by atoms with van der Waals surface area (Å²) < 4.78 is 9.36. The predicted molar refractivity (Wildman–Crippen MR) is 120 cm³/mol. The molecule has 0 saturated heterocycles. The molecule has 0 fully saturated rings. The molecule has 0 aromatic heterocycles. The number of hydrogen-bond donors (Lipinski definition) is 0. The normalized spacial score (nSPS) is 17.2. The van der Waals surface area contributed by atoms with Gasteiger partial charge in [-0.15, -0.1) is 0 Å². The SMILES string of the molecule is CC(C)(C)[Si](C)(C)O/C=[C](\[CH]([Si](C)(C)C)[Sn]([CH3])([CH3])[CH3])[Sn]([CH3])([CH3])[CH3]. The third kappa shape index (κ3) is 7.37. The molecule has 0 spiro atoms. The van der Waals surface area contributed by atoms with Crippen molar-refractivity contribution in [3.8, 4) is 0 Å². The average molecular weight is 570 g/mol. The molecule has 0 rings (SSSR count). The molecule has 0 aliphatic heterocycles. The van der Waals surface area contributed by atoms with E-state index in [2.05, 4.69) is 89.4 Å². The molecule has 0 N–H and O–H groups in total. The van der Waals surface area contributed by atoms with Crippen LogP contribution in [-0.4, -0.2) is 53.1 Å². The Kier molecular flexibility index (Phi) is 8.19. The second-order valence-electron chi connectivity index (χ2n) is 11.9. The van der Waals surface area contributed by atoms with Gasteiger partial charge in [0.15, 0.2) is 0 Å². The zero-order chi connectivity index (χ0) is 19.1. The summed E-state index contributed by atoms with van der Waals surface area (Å²) in [4.78, 5) is 15.7. The fourth-order valence-corrected chi connectivity index (χ4v) is 60.0. The molecule has 0 aliphatic carbocycles. The van der Waals surface area contributed by atoms with Crippen LogP contribution in [0.4, 0.5) is 0 Å². The molecule has 1 atom stereocenters. The maximum atomic E-state index is 6.64. The summed E-state index contributed by atoms with van der Waals surface area (Å²) in [5.41, 5.74) is 0. The Balaban J connectivity index is 6.03. The molecule has 1 unspecified atom stereocenters. The van der Waals surface area contributed by atoms with Gasteiger partial charge in [-0.25, -0.2) is 0 Å². The Hall–Kier alpha value is 1.57. The Morgan fingerprint density at radius 3 is 1.48 bits per heavy atom. The molecule has 0 radical (unpaired) electrons. The first-order chi connectivity index (χ1) is 9.71. The molecular weight excluding hydrogens is 526 g/mol. The van der Waals surface area contributed by atoms with E-state index in [-0.39, 0.29) is 5.04 Å². The van der Waals surface area contributed by atoms with Crippen molar-refractivity contribution in [3.05, 3.63) is 9.85 Å². The Labute approximate surface area is 157 Å². The zero-order valence-electron chi connectivity index (χ0n) is 18.6. The summed E-state index contributed by atoms with van der Waals surface area (Å²) >= 11 is -4.25. The van der Waals surface area contributed by atoms with Gasteiger partial charge in [0.2, 0.25) is 0 Å². The fourth-order valence-electron chi connectivity index (χ4n) is 3.30. The van der Waals surface area contributed by atoms with Crippen LogP contribution >= 0.6 is 0 Å². The van der Waals surface area contributed by atoms with E-state index in [1.165, 1.54) is 0 Å². The molecule has 0 saturated carbocycles. The molecular formula is C18H44OSi2Sn2. The van der Waals surface area contributed by atoms with Crippen LogP contribution in [0.1, 0.15) is 20.8 Å². The van der Waals surface area contributed by atoms with Crippen LogP contribution in [0.3, 0.4) is 0 Å². The van der Waals surface area contributed by atoms with E-state index >= 15 is 0 Å². The van der Waals surface area contributed by atoms with Gasteiger partial charge in [-0.3, -0.25) is 0 Å². The molecule has 0 amide bonds. The van der Waals surface area contributed by atoms with E-state index in [9.17, 15) is 0 Å². The summed E-state index contributed by atoms with van der Waals surface area (Å²) in [6.07, 6.45) is 2.33. The molecule has 0 aromatic carbocycles. The topological polar surface area (TPSA) is 9.23 Å². The summed E-state index contributed by atoms with van der Waals surface area (Å²) in [5, 5.41) is 0.279. The van der Waals surface area contributed by atoms with Crippen molar-refractivity contribution in [1.82, 2.24) is 0 Å². The molecule has 23 heavy (non-hydrogen) atoms. The zero-order valence-corrected chi connectivity index (χ0v) is 26.3. The second-order valence-corrected chi connectivity index (χ2v) is 53.2. The molecule has 1 nitrogen and oxygen atoms in total. The van der Waals surface area contributed by atoms with Gasteiger partial charge in [0.1, 0.15) is 0 Å². The van der Waals surface area contributed by atoms with Crippen LogP contribution in [0.2, 0.25) is 71.0 Å². The van der Waals surface area contributed by atoms with E-state index in [4.69, 9.17) is 4.43 Å². The first kappa shape index (κ1) is 24.6. The fraction of sp³-hybridized carbons (Fsp3) is 0.889. The monoisotopic (exact) mass is 572 g/mol. The quantitative estimate of drug-likeness (QED) is 0.240. The van der Waals surface area contributed by atoms with Crippen molar-refractivity contribution in [3.63, 3.8) is 0 Å². The van der Waals surface area contributed by atoms with Crippen molar-refractivity contribution in [1.29, 1.82) is 0 Å². The van der Waals surface area contributed by atoms with Crippen LogP contribution < -0.4 is 0 Å². The standard InChI is InChI=1S/C12H26OSi2.6CH3.2Sn/c1-12(2,3)15(7,8)13-10-9-11-14(4,5)6;;;;;;;;/h10-11H,1-8H3;6*1H3;;. The molecule has 0 aromatic rings.